The van der Waals surface area contributed by atoms with E-state index in [9.17, 15) is 18.4 Å². The minimum absolute atomic E-state index is 0.0420. The maximum atomic E-state index is 13.3. The number of nitrogens with one attached hydrogen (secondary N) is 1. The number of carbonyl (C=O) groups excluding carboxylic acids is 2. The van der Waals surface area contributed by atoms with E-state index in [1.165, 1.54) is 0 Å². The van der Waals surface area contributed by atoms with E-state index in [0.29, 0.717) is 0 Å². The molecule has 21 heavy (non-hydrogen) atoms. The molecule has 2 amide bonds. The second-order valence-corrected chi connectivity index (χ2v) is 5.62. The number of imide groups is 1. The van der Waals surface area contributed by atoms with Crippen LogP contribution in [0.15, 0.2) is 12.1 Å². The van der Waals surface area contributed by atoms with Crippen LogP contribution in [-0.4, -0.2) is 35.8 Å². The van der Waals surface area contributed by atoms with E-state index in [4.69, 9.17) is 0 Å². The Balaban J connectivity index is 1.92. The second-order valence-electron chi connectivity index (χ2n) is 5.62. The van der Waals surface area contributed by atoms with Crippen LogP contribution in [0.1, 0.15) is 40.5 Å². The van der Waals surface area contributed by atoms with Crippen LogP contribution in [0.2, 0.25) is 0 Å². The van der Waals surface area contributed by atoms with Gasteiger partial charge in [0.25, 0.3) is 11.8 Å². The Kier molecular flexibility index (Phi) is 3.49. The predicted octanol–water partition coefficient (Wildman–Crippen LogP) is 1.95. The summed E-state index contributed by atoms with van der Waals surface area (Å²) in [6.07, 6.45) is 1.74. The summed E-state index contributed by atoms with van der Waals surface area (Å²) in [6, 6.07) is 1.37. The fraction of sp³-hybridized carbons (Fsp3) is 0.467. The van der Waals surface area contributed by atoms with Gasteiger partial charge in [0.2, 0.25) is 0 Å². The van der Waals surface area contributed by atoms with Gasteiger partial charge in [0.05, 0.1) is 11.1 Å². The molecular formula is C15H16F2N2O2. The highest BCUT2D eigenvalue weighted by Gasteiger charge is 2.41. The third-order valence-electron chi connectivity index (χ3n) is 4.43. The van der Waals surface area contributed by atoms with Crippen LogP contribution in [-0.2, 0) is 0 Å². The van der Waals surface area contributed by atoms with Gasteiger partial charge in [-0.15, -0.1) is 0 Å². The van der Waals surface area contributed by atoms with Crippen molar-refractivity contribution in [1.29, 1.82) is 0 Å². The van der Waals surface area contributed by atoms with Gasteiger partial charge in [-0.25, -0.2) is 8.78 Å². The van der Waals surface area contributed by atoms with Crippen LogP contribution in [0, 0.1) is 17.6 Å². The largest absolute Gasteiger partial charge is 0.317 e. The molecule has 1 aromatic rings. The lowest BCUT2D eigenvalue weighted by Gasteiger charge is -2.33. The molecule has 1 atom stereocenters. The van der Waals surface area contributed by atoms with E-state index in [0.717, 1.165) is 43.0 Å². The number of carbonyl (C=O) groups is 2. The van der Waals surface area contributed by atoms with Gasteiger partial charge < -0.3 is 5.32 Å². The van der Waals surface area contributed by atoms with Crippen molar-refractivity contribution in [3.8, 4) is 0 Å². The first-order valence-electron chi connectivity index (χ1n) is 7.08. The molecule has 1 saturated heterocycles. The van der Waals surface area contributed by atoms with Crippen molar-refractivity contribution < 1.29 is 18.4 Å². The Morgan fingerprint density at radius 3 is 2.05 bits per heavy atom. The van der Waals surface area contributed by atoms with Crippen LogP contribution in [0.5, 0.6) is 0 Å². The Bertz CT molecular complexity index is 571. The summed E-state index contributed by atoms with van der Waals surface area (Å²) in [6.45, 7) is 3.52. The van der Waals surface area contributed by atoms with Crippen LogP contribution in [0.25, 0.3) is 0 Å². The lowest BCUT2D eigenvalue weighted by Crippen LogP contribution is -2.45. The highest BCUT2D eigenvalue weighted by Crippen LogP contribution is 2.31. The number of amides is 2. The highest BCUT2D eigenvalue weighted by molar-refractivity contribution is 6.21. The summed E-state index contributed by atoms with van der Waals surface area (Å²) in [5.41, 5.74) is -0.0839. The van der Waals surface area contributed by atoms with Gasteiger partial charge in [-0.05, 0) is 50.9 Å². The van der Waals surface area contributed by atoms with E-state index in [1.807, 2.05) is 6.92 Å². The molecule has 1 unspecified atom stereocenters. The Morgan fingerprint density at radius 1 is 1.10 bits per heavy atom. The first-order chi connectivity index (χ1) is 10.0. The fourth-order valence-electron chi connectivity index (χ4n) is 3.16. The molecule has 6 heteroatoms. The average Bonchev–Trinajstić information content (AvgIpc) is 2.72. The highest BCUT2D eigenvalue weighted by atomic mass is 19.2. The van der Waals surface area contributed by atoms with Crippen LogP contribution >= 0.6 is 0 Å². The monoisotopic (exact) mass is 294 g/mol. The Morgan fingerprint density at radius 2 is 1.57 bits per heavy atom. The number of halogens is 2. The summed E-state index contributed by atoms with van der Waals surface area (Å²) in [5.74, 6) is -3.06. The topological polar surface area (TPSA) is 49.4 Å². The minimum atomic E-state index is -1.11. The van der Waals surface area contributed by atoms with Crippen molar-refractivity contribution in [1.82, 2.24) is 10.2 Å². The van der Waals surface area contributed by atoms with Crippen molar-refractivity contribution in [2.24, 2.45) is 5.92 Å². The number of benzene rings is 1. The van der Waals surface area contributed by atoms with Gasteiger partial charge in [-0.1, -0.05) is 0 Å². The summed E-state index contributed by atoms with van der Waals surface area (Å²) in [5, 5.41) is 3.23. The van der Waals surface area contributed by atoms with E-state index in [-0.39, 0.29) is 23.1 Å². The van der Waals surface area contributed by atoms with Crippen molar-refractivity contribution in [3.63, 3.8) is 0 Å². The molecule has 1 fully saturated rings. The van der Waals surface area contributed by atoms with Crippen molar-refractivity contribution in [2.75, 3.05) is 13.1 Å². The standard InChI is InChI=1S/C15H16F2N2O2/c1-8(9-2-4-18-5-3-9)19-14(20)10-6-12(16)13(17)7-11(10)15(19)21/h6-9,18H,2-5H2,1H3. The summed E-state index contributed by atoms with van der Waals surface area (Å²) >= 11 is 0. The maximum Gasteiger partial charge on any atom is 0.261 e. The number of hydrogen-bond donors (Lipinski definition) is 1. The predicted molar refractivity (Wildman–Crippen MR) is 71.9 cm³/mol. The number of hydrogen-bond acceptors (Lipinski definition) is 3. The number of rotatable bonds is 2. The Hall–Kier alpha value is -1.82. The van der Waals surface area contributed by atoms with Crippen LogP contribution in [0.4, 0.5) is 8.78 Å². The van der Waals surface area contributed by atoms with E-state index in [1.54, 1.807) is 0 Å². The first-order valence-corrected chi connectivity index (χ1v) is 7.08. The van der Waals surface area contributed by atoms with Gasteiger partial charge >= 0.3 is 0 Å². The maximum absolute atomic E-state index is 13.3. The summed E-state index contributed by atoms with van der Waals surface area (Å²) < 4.78 is 26.6. The second kappa shape index (κ2) is 5.18. The van der Waals surface area contributed by atoms with E-state index >= 15 is 0 Å². The van der Waals surface area contributed by atoms with Gasteiger partial charge in [0.1, 0.15) is 0 Å². The molecule has 2 heterocycles. The van der Waals surface area contributed by atoms with Crippen molar-refractivity contribution >= 4 is 11.8 Å². The van der Waals surface area contributed by atoms with E-state index < -0.39 is 23.4 Å². The van der Waals surface area contributed by atoms with Crippen LogP contribution < -0.4 is 5.32 Å². The zero-order chi connectivity index (χ0) is 15.1. The van der Waals surface area contributed by atoms with Gasteiger partial charge in [-0.2, -0.15) is 0 Å². The van der Waals surface area contributed by atoms with Gasteiger partial charge in [0, 0.05) is 6.04 Å². The zero-order valence-electron chi connectivity index (χ0n) is 11.7. The van der Waals surface area contributed by atoms with Crippen molar-refractivity contribution in [2.45, 2.75) is 25.8 Å². The number of fused-ring (bicyclic) bond motifs is 1. The molecule has 0 aromatic heterocycles. The smallest absolute Gasteiger partial charge is 0.261 e. The third-order valence-corrected chi connectivity index (χ3v) is 4.43. The number of nitrogens with zero attached hydrogens (tertiary/aromatic N) is 1. The zero-order valence-corrected chi connectivity index (χ0v) is 11.7. The summed E-state index contributed by atoms with van der Waals surface area (Å²) in [7, 11) is 0. The third kappa shape index (κ3) is 2.23. The molecule has 0 radical (unpaired) electrons. The average molecular weight is 294 g/mol. The quantitative estimate of drug-likeness (QED) is 0.848. The molecule has 112 valence electrons. The first kappa shape index (κ1) is 14.1. The molecule has 0 saturated carbocycles. The molecule has 1 aromatic carbocycles. The normalized spacial score (nSPS) is 20.8. The van der Waals surface area contributed by atoms with Crippen LogP contribution in [0.3, 0.4) is 0 Å². The molecule has 0 bridgehead atoms. The van der Waals surface area contributed by atoms with Gasteiger partial charge in [-0.3, -0.25) is 14.5 Å². The molecule has 0 aliphatic carbocycles. The lowest BCUT2D eigenvalue weighted by molar-refractivity contribution is 0.0525. The summed E-state index contributed by atoms with van der Waals surface area (Å²) in [4.78, 5) is 25.9. The van der Waals surface area contributed by atoms with Gasteiger partial charge in [0.15, 0.2) is 11.6 Å². The molecule has 2 aliphatic rings. The molecule has 4 nitrogen and oxygen atoms in total. The Labute approximate surface area is 121 Å². The van der Waals surface area contributed by atoms with Crippen molar-refractivity contribution in [3.05, 3.63) is 34.9 Å². The fourth-order valence-corrected chi connectivity index (χ4v) is 3.16. The lowest BCUT2D eigenvalue weighted by atomic mass is 9.90. The molecular weight excluding hydrogens is 278 g/mol. The van der Waals surface area contributed by atoms with E-state index in [2.05, 4.69) is 5.32 Å². The molecule has 2 aliphatic heterocycles. The minimum Gasteiger partial charge on any atom is -0.317 e. The molecule has 0 spiro atoms. The SMILES string of the molecule is CC(C1CCNCC1)N1C(=O)c2cc(F)c(F)cc2C1=O. The number of piperidine rings is 1. The molecule has 1 N–H and O–H groups in total. The molecule has 3 rings (SSSR count).